The maximum atomic E-state index is 12.2. The van der Waals surface area contributed by atoms with Crippen molar-refractivity contribution in [3.63, 3.8) is 0 Å². The molecule has 0 spiro atoms. The van der Waals surface area contributed by atoms with E-state index in [1.54, 1.807) is 6.26 Å². The topological polar surface area (TPSA) is 68.0 Å². The van der Waals surface area contributed by atoms with Gasteiger partial charge < -0.3 is 9.73 Å². The van der Waals surface area contributed by atoms with Crippen LogP contribution in [-0.2, 0) is 6.54 Å². The standard InChI is InChI=1S/C15H15N3O2S2/c1-8-12(22-15(18-8)11-5-4-6-20-11)7-16-14(19)13-9(2)17-10(3)21-13/h4-6H,7H2,1-3H3,(H,16,19). The first kappa shape index (κ1) is 14.9. The van der Waals surface area contributed by atoms with Crippen LogP contribution in [0.15, 0.2) is 22.8 Å². The van der Waals surface area contributed by atoms with Gasteiger partial charge in [-0.25, -0.2) is 9.97 Å². The molecule has 0 unspecified atom stereocenters. The largest absolute Gasteiger partial charge is 0.462 e. The van der Waals surface area contributed by atoms with Gasteiger partial charge in [0.1, 0.15) is 4.88 Å². The molecule has 0 radical (unpaired) electrons. The third kappa shape index (κ3) is 2.95. The highest BCUT2D eigenvalue weighted by Crippen LogP contribution is 2.28. The summed E-state index contributed by atoms with van der Waals surface area (Å²) in [7, 11) is 0. The van der Waals surface area contributed by atoms with E-state index >= 15 is 0 Å². The summed E-state index contributed by atoms with van der Waals surface area (Å²) in [6.45, 7) is 6.15. The maximum absolute atomic E-state index is 12.2. The number of hydrogen-bond acceptors (Lipinski definition) is 6. The van der Waals surface area contributed by atoms with E-state index in [9.17, 15) is 4.79 Å². The summed E-state index contributed by atoms with van der Waals surface area (Å²) in [5, 5.41) is 4.67. The van der Waals surface area contributed by atoms with E-state index in [0.717, 1.165) is 32.0 Å². The van der Waals surface area contributed by atoms with Crippen LogP contribution >= 0.6 is 22.7 Å². The second-order valence-electron chi connectivity index (χ2n) is 4.84. The number of thiazole rings is 2. The molecule has 3 aromatic heterocycles. The van der Waals surface area contributed by atoms with Gasteiger partial charge in [0.2, 0.25) is 0 Å². The van der Waals surface area contributed by atoms with Gasteiger partial charge in [-0.05, 0) is 32.9 Å². The molecule has 0 aliphatic rings. The number of carbonyl (C=O) groups excluding carboxylic acids is 1. The van der Waals surface area contributed by atoms with Gasteiger partial charge in [-0.15, -0.1) is 22.7 Å². The molecule has 0 aromatic carbocycles. The van der Waals surface area contributed by atoms with Crippen molar-refractivity contribution in [1.82, 2.24) is 15.3 Å². The second-order valence-corrected chi connectivity index (χ2v) is 7.12. The third-order valence-electron chi connectivity index (χ3n) is 3.14. The summed E-state index contributed by atoms with van der Waals surface area (Å²) in [4.78, 5) is 22.7. The van der Waals surface area contributed by atoms with Gasteiger partial charge in [-0.3, -0.25) is 4.79 Å². The van der Waals surface area contributed by atoms with E-state index in [1.807, 2.05) is 32.9 Å². The molecule has 0 aliphatic heterocycles. The average Bonchev–Trinajstić information content (AvgIpc) is 3.17. The van der Waals surface area contributed by atoms with Crippen LogP contribution in [0.4, 0.5) is 0 Å². The summed E-state index contributed by atoms with van der Waals surface area (Å²) in [6, 6.07) is 3.71. The predicted octanol–water partition coefficient (Wildman–Crippen LogP) is 3.71. The lowest BCUT2D eigenvalue weighted by atomic mass is 10.3. The summed E-state index contributed by atoms with van der Waals surface area (Å²) in [5.41, 5.74) is 1.69. The number of carbonyl (C=O) groups is 1. The van der Waals surface area contributed by atoms with Crippen molar-refractivity contribution >= 4 is 28.6 Å². The lowest BCUT2D eigenvalue weighted by Gasteiger charge is -2.02. The number of rotatable bonds is 4. The van der Waals surface area contributed by atoms with Crippen molar-refractivity contribution in [3.8, 4) is 10.8 Å². The summed E-state index contributed by atoms with van der Waals surface area (Å²) in [6.07, 6.45) is 1.63. The molecule has 3 rings (SSSR count). The van der Waals surface area contributed by atoms with Crippen LogP contribution in [0.1, 0.15) is 30.9 Å². The molecule has 5 nitrogen and oxygen atoms in total. The Bertz CT molecular complexity index is 803. The first-order valence-corrected chi connectivity index (χ1v) is 8.40. The van der Waals surface area contributed by atoms with E-state index in [0.29, 0.717) is 11.4 Å². The molecule has 1 N–H and O–H groups in total. The minimum Gasteiger partial charge on any atom is -0.462 e. The van der Waals surface area contributed by atoms with Gasteiger partial charge >= 0.3 is 0 Å². The minimum atomic E-state index is -0.0875. The maximum Gasteiger partial charge on any atom is 0.263 e. The number of nitrogens with one attached hydrogen (secondary N) is 1. The highest BCUT2D eigenvalue weighted by molar-refractivity contribution is 7.15. The summed E-state index contributed by atoms with van der Waals surface area (Å²) in [5.74, 6) is 0.662. The monoisotopic (exact) mass is 333 g/mol. The molecular formula is C15H15N3O2S2. The number of hydrogen-bond donors (Lipinski definition) is 1. The fourth-order valence-electron chi connectivity index (χ4n) is 2.08. The van der Waals surface area contributed by atoms with Crippen molar-refractivity contribution < 1.29 is 9.21 Å². The molecule has 22 heavy (non-hydrogen) atoms. The lowest BCUT2D eigenvalue weighted by Crippen LogP contribution is -2.22. The molecule has 0 saturated heterocycles. The second kappa shape index (κ2) is 6.02. The molecule has 7 heteroatoms. The smallest absolute Gasteiger partial charge is 0.263 e. The van der Waals surface area contributed by atoms with Crippen LogP contribution in [0.5, 0.6) is 0 Å². The Morgan fingerprint density at radius 1 is 1.23 bits per heavy atom. The van der Waals surface area contributed by atoms with E-state index in [4.69, 9.17) is 4.42 Å². The molecule has 114 valence electrons. The molecule has 0 fully saturated rings. The van der Waals surface area contributed by atoms with Crippen LogP contribution in [0, 0.1) is 20.8 Å². The fraction of sp³-hybridized carbons (Fsp3) is 0.267. The van der Waals surface area contributed by atoms with Crippen molar-refractivity contribution in [3.05, 3.63) is 44.5 Å². The molecule has 3 heterocycles. The van der Waals surface area contributed by atoms with Crippen molar-refractivity contribution in [2.75, 3.05) is 0 Å². The van der Waals surface area contributed by atoms with Gasteiger partial charge in [0.05, 0.1) is 29.2 Å². The van der Waals surface area contributed by atoms with Crippen molar-refractivity contribution in [2.24, 2.45) is 0 Å². The summed E-state index contributed by atoms with van der Waals surface area (Å²) < 4.78 is 5.36. The van der Waals surface area contributed by atoms with E-state index in [-0.39, 0.29) is 5.91 Å². The normalized spacial score (nSPS) is 10.9. The van der Waals surface area contributed by atoms with Gasteiger partial charge in [-0.2, -0.15) is 0 Å². The zero-order valence-corrected chi connectivity index (χ0v) is 14.1. The van der Waals surface area contributed by atoms with E-state index < -0.39 is 0 Å². The van der Waals surface area contributed by atoms with Crippen LogP contribution in [-0.4, -0.2) is 15.9 Å². The van der Waals surface area contributed by atoms with Crippen LogP contribution in [0.3, 0.4) is 0 Å². The first-order valence-electron chi connectivity index (χ1n) is 6.77. The number of nitrogens with zero attached hydrogens (tertiary/aromatic N) is 2. The summed E-state index contributed by atoms with van der Waals surface area (Å²) >= 11 is 2.95. The van der Waals surface area contributed by atoms with Gasteiger partial charge in [-0.1, -0.05) is 0 Å². The number of furan rings is 1. The quantitative estimate of drug-likeness (QED) is 0.790. The number of aromatic nitrogens is 2. The third-order valence-corrected chi connectivity index (χ3v) is 5.39. The highest BCUT2D eigenvalue weighted by Gasteiger charge is 2.16. The van der Waals surface area contributed by atoms with E-state index in [2.05, 4.69) is 15.3 Å². The Morgan fingerprint density at radius 3 is 2.68 bits per heavy atom. The van der Waals surface area contributed by atoms with Crippen LogP contribution in [0.2, 0.25) is 0 Å². The van der Waals surface area contributed by atoms with Crippen LogP contribution < -0.4 is 5.32 Å². The number of aryl methyl sites for hydroxylation is 3. The lowest BCUT2D eigenvalue weighted by molar-refractivity contribution is 0.0954. The fourth-order valence-corrected chi connectivity index (χ4v) is 3.89. The molecule has 0 aliphatic carbocycles. The molecule has 1 amide bonds. The Kier molecular flexibility index (Phi) is 4.08. The van der Waals surface area contributed by atoms with Gasteiger partial charge in [0.15, 0.2) is 10.8 Å². The van der Waals surface area contributed by atoms with Crippen LogP contribution in [0.25, 0.3) is 10.8 Å². The molecule has 3 aromatic rings. The zero-order chi connectivity index (χ0) is 15.7. The van der Waals surface area contributed by atoms with Gasteiger partial charge in [0.25, 0.3) is 5.91 Å². The molecule has 0 bridgehead atoms. The SMILES string of the molecule is Cc1nc(C)c(C(=O)NCc2sc(-c3ccco3)nc2C)s1. The highest BCUT2D eigenvalue weighted by atomic mass is 32.1. The van der Waals surface area contributed by atoms with Crippen molar-refractivity contribution in [1.29, 1.82) is 0 Å². The molecule has 0 saturated carbocycles. The minimum absolute atomic E-state index is 0.0875. The van der Waals surface area contributed by atoms with Gasteiger partial charge in [0, 0.05) is 4.88 Å². The Morgan fingerprint density at radius 2 is 2.05 bits per heavy atom. The molecule has 0 atom stereocenters. The van der Waals surface area contributed by atoms with E-state index in [1.165, 1.54) is 22.7 Å². The predicted molar refractivity (Wildman–Crippen MR) is 87.3 cm³/mol. The Hall–Kier alpha value is -1.99. The molecular weight excluding hydrogens is 318 g/mol. The average molecular weight is 333 g/mol. The zero-order valence-electron chi connectivity index (χ0n) is 12.5. The Balaban J connectivity index is 1.72. The first-order chi connectivity index (χ1) is 10.5. The number of amides is 1. The van der Waals surface area contributed by atoms with Crippen molar-refractivity contribution in [2.45, 2.75) is 27.3 Å². The Labute approximate surface area is 136 Å².